The molecule has 1 fully saturated rings. The fourth-order valence-corrected chi connectivity index (χ4v) is 3.61. The zero-order chi connectivity index (χ0) is 20.5. The van der Waals surface area contributed by atoms with Gasteiger partial charge in [0, 0.05) is 24.2 Å². The normalized spacial score (nSPS) is 14.0. The van der Waals surface area contributed by atoms with Crippen LogP contribution in [0.15, 0.2) is 66.9 Å². The summed E-state index contributed by atoms with van der Waals surface area (Å²) < 4.78 is 7.54. The molecule has 7 heteroatoms. The summed E-state index contributed by atoms with van der Waals surface area (Å²) in [5.41, 5.74) is 3.06. The third-order valence-corrected chi connectivity index (χ3v) is 5.30. The number of para-hydroxylation sites is 2. The first-order chi connectivity index (χ1) is 14.7. The number of rotatable bonds is 5. The van der Waals surface area contributed by atoms with Gasteiger partial charge in [-0.2, -0.15) is 0 Å². The number of fused-ring (bicyclic) bond motifs is 1. The van der Waals surface area contributed by atoms with Crippen LogP contribution in [0.25, 0.3) is 10.9 Å². The van der Waals surface area contributed by atoms with Crippen molar-refractivity contribution >= 4 is 16.8 Å². The predicted molar refractivity (Wildman–Crippen MR) is 112 cm³/mol. The molecule has 0 aliphatic carbocycles. The molecule has 4 aromatic rings. The number of benzene rings is 2. The zero-order valence-electron chi connectivity index (χ0n) is 16.6. The van der Waals surface area contributed by atoms with Crippen LogP contribution in [-0.2, 0) is 6.61 Å². The van der Waals surface area contributed by atoms with Gasteiger partial charge in [0.05, 0.1) is 23.3 Å². The lowest BCUT2D eigenvalue weighted by molar-refractivity contribution is 0.0500. The second-order valence-electron chi connectivity index (χ2n) is 7.49. The number of aryl methyl sites for hydroxylation is 1. The van der Waals surface area contributed by atoms with E-state index in [4.69, 9.17) is 4.74 Å². The molecule has 1 aliphatic heterocycles. The molecule has 0 spiro atoms. The minimum absolute atomic E-state index is 0.00250. The third kappa shape index (κ3) is 3.50. The van der Waals surface area contributed by atoms with Crippen LogP contribution >= 0.6 is 0 Å². The Kier molecular flexibility index (Phi) is 4.63. The zero-order valence-corrected chi connectivity index (χ0v) is 16.6. The maximum Gasteiger partial charge on any atom is 0.256 e. The van der Waals surface area contributed by atoms with E-state index >= 15 is 0 Å². The fourth-order valence-electron chi connectivity index (χ4n) is 3.61. The number of carbonyl (C=O) groups excluding carboxylic acids is 1. The van der Waals surface area contributed by atoms with Gasteiger partial charge in [0.25, 0.3) is 5.91 Å². The van der Waals surface area contributed by atoms with Crippen LogP contribution in [0.5, 0.6) is 5.75 Å². The van der Waals surface area contributed by atoms with Crippen molar-refractivity contribution in [3.05, 3.63) is 83.8 Å². The van der Waals surface area contributed by atoms with Crippen molar-refractivity contribution in [2.45, 2.75) is 19.6 Å². The molecule has 1 aliphatic rings. The highest BCUT2D eigenvalue weighted by molar-refractivity contribution is 6.05. The Hall–Kier alpha value is -3.74. The molecule has 0 unspecified atom stereocenters. The molecule has 0 radical (unpaired) electrons. The molecular formula is C23H21N5O2. The molecular weight excluding hydrogens is 378 g/mol. The average molecular weight is 399 g/mol. The van der Waals surface area contributed by atoms with E-state index in [0.717, 1.165) is 28.0 Å². The van der Waals surface area contributed by atoms with Crippen LogP contribution in [0.2, 0.25) is 0 Å². The Morgan fingerprint density at radius 3 is 2.73 bits per heavy atom. The molecule has 7 nitrogen and oxygen atoms in total. The number of carbonyl (C=O) groups is 1. The second kappa shape index (κ2) is 7.59. The Bertz CT molecular complexity index is 1200. The first-order valence-electron chi connectivity index (χ1n) is 9.91. The molecule has 2 aromatic carbocycles. The summed E-state index contributed by atoms with van der Waals surface area (Å²) in [6, 6.07) is 19.4. The van der Waals surface area contributed by atoms with Crippen LogP contribution in [-0.4, -0.2) is 43.9 Å². The van der Waals surface area contributed by atoms with Crippen molar-refractivity contribution in [1.82, 2.24) is 24.9 Å². The van der Waals surface area contributed by atoms with Gasteiger partial charge < -0.3 is 9.64 Å². The van der Waals surface area contributed by atoms with E-state index in [1.165, 1.54) is 0 Å². The number of hydrogen-bond donors (Lipinski definition) is 0. The van der Waals surface area contributed by atoms with Crippen LogP contribution in [0.3, 0.4) is 0 Å². The van der Waals surface area contributed by atoms with E-state index in [1.54, 1.807) is 0 Å². The Labute approximate surface area is 173 Å². The van der Waals surface area contributed by atoms with Crippen LogP contribution < -0.4 is 4.74 Å². The first-order valence-corrected chi connectivity index (χ1v) is 9.91. The Morgan fingerprint density at radius 2 is 1.90 bits per heavy atom. The number of amides is 1. The predicted octanol–water partition coefficient (Wildman–Crippen LogP) is 3.41. The fraction of sp³-hybridized carbons (Fsp3) is 0.217. The molecule has 0 saturated carbocycles. The minimum atomic E-state index is 0.00250. The number of pyridine rings is 1. The van der Waals surface area contributed by atoms with Gasteiger partial charge in [0.1, 0.15) is 18.1 Å². The van der Waals surface area contributed by atoms with Gasteiger partial charge in [-0.05, 0) is 31.2 Å². The molecule has 30 heavy (non-hydrogen) atoms. The molecule has 3 heterocycles. The van der Waals surface area contributed by atoms with E-state index in [9.17, 15) is 4.79 Å². The standard InChI is InChI=1S/C23H21N5O2/c1-16-10-11-17-6-5-9-21(22(17)24-16)23(29)27-13-19(14-27)28-12-18(25-26-28)15-30-20-7-3-2-4-8-20/h2-12,19H,13-15H2,1H3. The van der Waals surface area contributed by atoms with E-state index in [0.29, 0.717) is 25.3 Å². The largest absolute Gasteiger partial charge is 0.487 e. The first kappa shape index (κ1) is 18.3. The van der Waals surface area contributed by atoms with Crippen LogP contribution in [0, 0.1) is 6.92 Å². The number of ether oxygens (including phenoxy) is 1. The second-order valence-corrected chi connectivity index (χ2v) is 7.49. The van der Waals surface area contributed by atoms with Crippen LogP contribution in [0.1, 0.15) is 27.8 Å². The lowest BCUT2D eigenvalue weighted by atomic mass is 10.0. The van der Waals surface area contributed by atoms with E-state index in [1.807, 2.05) is 83.4 Å². The molecule has 1 saturated heterocycles. The average Bonchev–Trinajstić information content (AvgIpc) is 3.20. The van der Waals surface area contributed by atoms with Gasteiger partial charge in [-0.3, -0.25) is 9.78 Å². The molecule has 1 amide bonds. The van der Waals surface area contributed by atoms with E-state index < -0.39 is 0 Å². The van der Waals surface area contributed by atoms with Crippen molar-refractivity contribution in [3.63, 3.8) is 0 Å². The topological polar surface area (TPSA) is 73.1 Å². The maximum absolute atomic E-state index is 13.0. The van der Waals surface area contributed by atoms with Crippen molar-refractivity contribution in [3.8, 4) is 5.75 Å². The minimum Gasteiger partial charge on any atom is -0.487 e. The van der Waals surface area contributed by atoms with Gasteiger partial charge >= 0.3 is 0 Å². The lowest BCUT2D eigenvalue weighted by Gasteiger charge is -2.39. The molecule has 0 N–H and O–H groups in total. The van der Waals surface area contributed by atoms with Crippen molar-refractivity contribution in [2.24, 2.45) is 0 Å². The number of likely N-dealkylation sites (tertiary alicyclic amines) is 1. The Balaban J connectivity index is 1.23. The monoisotopic (exact) mass is 399 g/mol. The Morgan fingerprint density at radius 1 is 1.07 bits per heavy atom. The number of hydrogen-bond acceptors (Lipinski definition) is 5. The highest BCUT2D eigenvalue weighted by Crippen LogP contribution is 2.26. The number of aromatic nitrogens is 4. The van der Waals surface area contributed by atoms with Crippen LogP contribution in [0.4, 0.5) is 0 Å². The molecule has 150 valence electrons. The van der Waals surface area contributed by atoms with Gasteiger partial charge in [0.15, 0.2) is 0 Å². The summed E-state index contributed by atoms with van der Waals surface area (Å²) in [5.74, 6) is 0.800. The highest BCUT2D eigenvalue weighted by atomic mass is 16.5. The smallest absolute Gasteiger partial charge is 0.256 e. The van der Waals surface area contributed by atoms with Crippen molar-refractivity contribution in [1.29, 1.82) is 0 Å². The quantitative estimate of drug-likeness (QED) is 0.514. The summed E-state index contributed by atoms with van der Waals surface area (Å²) in [7, 11) is 0. The molecule has 2 aromatic heterocycles. The van der Waals surface area contributed by atoms with Gasteiger partial charge in [-0.15, -0.1) is 5.10 Å². The van der Waals surface area contributed by atoms with Gasteiger partial charge in [-0.1, -0.05) is 41.6 Å². The molecule has 0 bridgehead atoms. The number of nitrogens with zero attached hydrogens (tertiary/aromatic N) is 5. The molecule has 5 rings (SSSR count). The third-order valence-electron chi connectivity index (χ3n) is 5.30. The molecule has 0 atom stereocenters. The van der Waals surface area contributed by atoms with E-state index in [-0.39, 0.29) is 11.9 Å². The summed E-state index contributed by atoms with van der Waals surface area (Å²) in [6.45, 7) is 3.50. The SMILES string of the molecule is Cc1ccc2cccc(C(=O)N3CC(n4cc(COc5ccccc5)nn4)C3)c2n1. The lowest BCUT2D eigenvalue weighted by Crippen LogP contribution is -2.51. The summed E-state index contributed by atoms with van der Waals surface area (Å²) >= 11 is 0. The summed E-state index contributed by atoms with van der Waals surface area (Å²) in [4.78, 5) is 19.4. The van der Waals surface area contributed by atoms with Crippen molar-refractivity contribution in [2.75, 3.05) is 13.1 Å². The summed E-state index contributed by atoms with van der Waals surface area (Å²) in [6.07, 6.45) is 1.89. The van der Waals surface area contributed by atoms with Gasteiger partial charge in [-0.25, -0.2) is 4.68 Å². The summed E-state index contributed by atoms with van der Waals surface area (Å²) in [5, 5.41) is 9.38. The van der Waals surface area contributed by atoms with E-state index in [2.05, 4.69) is 15.3 Å². The van der Waals surface area contributed by atoms with Crippen molar-refractivity contribution < 1.29 is 9.53 Å². The highest BCUT2D eigenvalue weighted by Gasteiger charge is 2.34. The maximum atomic E-state index is 13.0. The van der Waals surface area contributed by atoms with Gasteiger partial charge in [0.2, 0.25) is 0 Å².